The second kappa shape index (κ2) is 6.59. The van der Waals surface area contributed by atoms with Gasteiger partial charge < -0.3 is 0 Å². The van der Waals surface area contributed by atoms with Crippen molar-refractivity contribution in [3.63, 3.8) is 0 Å². The number of carbonyl (C=O) groups excluding carboxylic acids is 1. The van der Waals surface area contributed by atoms with Crippen LogP contribution >= 0.6 is 11.8 Å². The molecule has 2 aliphatic rings. The van der Waals surface area contributed by atoms with Crippen LogP contribution in [0.5, 0.6) is 0 Å². The van der Waals surface area contributed by atoms with E-state index in [0.717, 1.165) is 44.5 Å². The summed E-state index contributed by atoms with van der Waals surface area (Å²) in [5.41, 5.74) is 0. The summed E-state index contributed by atoms with van der Waals surface area (Å²) >= 11 is 1.72. The number of nitrogens with zero attached hydrogens (tertiary/aromatic N) is 1. The number of Topliss-reactive ketones (excluding diaryl/α,β-unsaturated/α-hetero) is 1. The van der Waals surface area contributed by atoms with Gasteiger partial charge in [-0.1, -0.05) is 6.92 Å². The summed E-state index contributed by atoms with van der Waals surface area (Å²) < 4.78 is 24.2. The Bertz CT molecular complexity index is 422. The van der Waals surface area contributed by atoms with Crippen molar-refractivity contribution in [2.24, 2.45) is 5.92 Å². The lowest BCUT2D eigenvalue weighted by atomic mass is 10.0. The molecular formula is C13H23NO3S2. The molecule has 19 heavy (non-hydrogen) atoms. The van der Waals surface area contributed by atoms with Crippen molar-refractivity contribution in [3.8, 4) is 0 Å². The summed E-state index contributed by atoms with van der Waals surface area (Å²) in [4.78, 5) is 13.7. The molecule has 0 aromatic heterocycles. The molecule has 2 unspecified atom stereocenters. The first-order valence-corrected chi connectivity index (χ1v) is 9.97. The molecule has 4 nitrogen and oxygen atoms in total. The number of hydrogen-bond donors (Lipinski definition) is 0. The fraction of sp³-hybridized carbons (Fsp3) is 0.923. The number of rotatable bonds is 5. The Hall–Kier alpha value is -0.0700. The van der Waals surface area contributed by atoms with E-state index in [9.17, 15) is 13.2 Å². The molecule has 0 bridgehead atoms. The van der Waals surface area contributed by atoms with Gasteiger partial charge in [0, 0.05) is 42.7 Å². The molecule has 0 aromatic rings. The van der Waals surface area contributed by atoms with E-state index < -0.39 is 9.84 Å². The van der Waals surface area contributed by atoms with Gasteiger partial charge in [0.05, 0.1) is 0 Å². The smallest absolute Gasteiger partial charge is 0.166 e. The Labute approximate surface area is 120 Å². The quantitative estimate of drug-likeness (QED) is 0.771. The summed E-state index contributed by atoms with van der Waals surface area (Å²) in [7, 11) is -3.01. The first kappa shape index (κ1) is 15.3. The highest BCUT2D eigenvalue weighted by Gasteiger charge is 2.33. The van der Waals surface area contributed by atoms with Gasteiger partial charge in [-0.25, -0.2) is 8.42 Å². The number of ketones is 1. The van der Waals surface area contributed by atoms with E-state index in [-0.39, 0.29) is 17.0 Å². The summed E-state index contributed by atoms with van der Waals surface area (Å²) in [5, 5.41) is -0.340. The number of thioether (sulfide) groups is 1. The van der Waals surface area contributed by atoms with Gasteiger partial charge in [0.1, 0.15) is 11.2 Å². The van der Waals surface area contributed by atoms with Gasteiger partial charge >= 0.3 is 0 Å². The molecular weight excluding hydrogens is 282 g/mol. The molecule has 6 heteroatoms. The minimum absolute atomic E-state index is 0.180. The third-order valence-corrected chi connectivity index (χ3v) is 7.54. The average Bonchev–Trinajstić information content (AvgIpc) is 2.82. The minimum Gasteiger partial charge on any atom is -0.299 e. The van der Waals surface area contributed by atoms with Crippen molar-refractivity contribution in [2.45, 2.75) is 38.0 Å². The first-order valence-electron chi connectivity index (χ1n) is 7.10. The Balaban J connectivity index is 1.94. The molecule has 0 radical (unpaired) electrons. The maximum atomic E-state index is 12.1. The molecule has 0 amide bonds. The molecule has 0 N–H and O–H groups in total. The highest BCUT2D eigenvalue weighted by molar-refractivity contribution is 8.01. The van der Waals surface area contributed by atoms with E-state index in [1.54, 1.807) is 18.7 Å². The molecule has 1 aliphatic carbocycles. The fourth-order valence-electron chi connectivity index (χ4n) is 2.91. The standard InChI is InChI=1S/C13H23NO3S2/c1-2-19(16,17)13-10-18-9-8-14(13)7-6-11-4-3-5-12(11)15/h11,13H,2-10H2,1H3. The zero-order chi connectivity index (χ0) is 13.9. The molecule has 2 atom stereocenters. The second-order valence-electron chi connectivity index (χ2n) is 5.36. The maximum Gasteiger partial charge on any atom is 0.166 e. The molecule has 1 saturated carbocycles. The van der Waals surface area contributed by atoms with Gasteiger partial charge in [-0.2, -0.15) is 11.8 Å². The van der Waals surface area contributed by atoms with E-state index in [2.05, 4.69) is 4.90 Å². The monoisotopic (exact) mass is 305 g/mol. The normalized spacial score (nSPS) is 29.8. The first-order chi connectivity index (χ1) is 9.04. The van der Waals surface area contributed by atoms with Crippen molar-refractivity contribution in [1.82, 2.24) is 4.90 Å². The van der Waals surface area contributed by atoms with E-state index >= 15 is 0 Å². The van der Waals surface area contributed by atoms with Crippen LogP contribution in [0, 0.1) is 5.92 Å². The molecule has 110 valence electrons. The molecule has 1 aliphatic heterocycles. The zero-order valence-corrected chi connectivity index (χ0v) is 13.1. The van der Waals surface area contributed by atoms with Crippen molar-refractivity contribution in [1.29, 1.82) is 0 Å². The Morgan fingerprint density at radius 3 is 2.84 bits per heavy atom. The lowest BCUT2D eigenvalue weighted by Gasteiger charge is -2.35. The largest absolute Gasteiger partial charge is 0.299 e. The van der Waals surface area contributed by atoms with Crippen LogP contribution in [0.25, 0.3) is 0 Å². The number of hydrogen-bond acceptors (Lipinski definition) is 5. The van der Waals surface area contributed by atoms with Crippen LogP contribution in [0.15, 0.2) is 0 Å². The summed E-state index contributed by atoms with van der Waals surface area (Å²) in [6.07, 6.45) is 3.55. The Morgan fingerprint density at radius 1 is 1.42 bits per heavy atom. The highest BCUT2D eigenvalue weighted by Crippen LogP contribution is 2.27. The fourth-order valence-corrected chi connectivity index (χ4v) is 6.02. The van der Waals surface area contributed by atoms with Crippen LogP contribution in [0.4, 0.5) is 0 Å². The van der Waals surface area contributed by atoms with E-state index in [4.69, 9.17) is 0 Å². The van der Waals surface area contributed by atoms with Gasteiger partial charge in [-0.3, -0.25) is 9.69 Å². The SMILES string of the molecule is CCS(=O)(=O)C1CSCCN1CCC1CCCC1=O. The van der Waals surface area contributed by atoms with E-state index in [1.165, 1.54) is 0 Å². The minimum atomic E-state index is -3.01. The summed E-state index contributed by atoms with van der Waals surface area (Å²) in [6.45, 7) is 3.30. The van der Waals surface area contributed by atoms with Crippen molar-refractivity contribution in [3.05, 3.63) is 0 Å². The van der Waals surface area contributed by atoms with Crippen LogP contribution in [0.2, 0.25) is 0 Å². The predicted octanol–water partition coefficient (Wildman–Crippen LogP) is 1.56. The molecule has 1 heterocycles. The molecule has 2 rings (SSSR count). The molecule has 1 saturated heterocycles. The van der Waals surface area contributed by atoms with E-state index in [0.29, 0.717) is 11.5 Å². The van der Waals surface area contributed by atoms with Crippen LogP contribution in [-0.4, -0.2) is 54.8 Å². The third kappa shape index (κ3) is 3.73. The van der Waals surface area contributed by atoms with E-state index in [1.807, 2.05) is 0 Å². The molecule has 0 spiro atoms. The van der Waals surface area contributed by atoms with Gasteiger partial charge in [-0.15, -0.1) is 0 Å². The van der Waals surface area contributed by atoms with Gasteiger partial charge in [0.25, 0.3) is 0 Å². The second-order valence-corrected chi connectivity index (χ2v) is 8.96. The Kier molecular flexibility index (Phi) is 5.31. The summed E-state index contributed by atoms with van der Waals surface area (Å²) in [5.74, 6) is 2.43. The average molecular weight is 305 g/mol. The summed E-state index contributed by atoms with van der Waals surface area (Å²) in [6, 6.07) is 0. The lowest BCUT2D eigenvalue weighted by Crippen LogP contribution is -2.48. The number of sulfone groups is 1. The van der Waals surface area contributed by atoms with Gasteiger partial charge in [0.15, 0.2) is 9.84 Å². The van der Waals surface area contributed by atoms with Crippen LogP contribution in [0.3, 0.4) is 0 Å². The van der Waals surface area contributed by atoms with Crippen LogP contribution in [0.1, 0.15) is 32.6 Å². The van der Waals surface area contributed by atoms with Gasteiger partial charge in [0.2, 0.25) is 0 Å². The van der Waals surface area contributed by atoms with Crippen molar-refractivity contribution in [2.75, 3.05) is 30.3 Å². The van der Waals surface area contributed by atoms with Crippen molar-refractivity contribution < 1.29 is 13.2 Å². The highest BCUT2D eigenvalue weighted by atomic mass is 32.2. The molecule has 2 fully saturated rings. The van der Waals surface area contributed by atoms with Crippen LogP contribution in [-0.2, 0) is 14.6 Å². The number of carbonyl (C=O) groups is 1. The zero-order valence-electron chi connectivity index (χ0n) is 11.5. The topological polar surface area (TPSA) is 54.5 Å². The third-order valence-electron chi connectivity index (χ3n) is 4.20. The lowest BCUT2D eigenvalue weighted by molar-refractivity contribution is -0.120. The maximum absolute atomic E-state index is 12.1. The van der Waals surface area contributed by atoms with Gasteiger partial charge in [-0.05, 0) is 19.3 Å². The Morgan fingerprint density at radius 2 is 2.21 bits per heavy atom. The predicted molar refractivity (Wildman–Crippen MR) is 79.1 cm³/mol. The molecule has 0 aromatic carbocycles. The van der Waals surface area contributed by atoms with Crippen LogP contribution < -0.4 is 0 Å². The van der Waals surface area contributed by atoms with Crippen molar-refractivity contribution >= 4 is 27.4 Å².